The molecule has 0 saturated carbocycles. The van der Waals surface area contributed by atoms with Gasteiger partial charge in [-0.25, -0.2) is 0 Å². The van der Waals surface area contributed by atoms with E-state index in [0.717, 1.165) is 22.6 Å². The average molecular weight is 302 g/mol. The monoisotopic (exact) mass is 301 g/mol. The fraction of sp³-hybridized carbons (Fsp3) is 0.294. The zero-order valence-electron chi connectivity index (χ0n) is 11.8. The van der Waals surface area contributed by atoms with Crippen LogP contribution < -0.4 is 4.74 Å². The molecule has 3 atom stereocenters. The van der Waals surface area contributed by atoms with Crippen molar-refractivity contribution in [1.82, 2.24) is 0 Å². The van der Waals surface area contributed by atoms with Gasteiger partial charge in [0.15, 0.2) is 0 Å². The highest BCUT2D eigenvalue weighted by atomic mass is 35.5. The summed E-state index contributed by atoms with van der Waals surface area (Å²) in [6.07, 6.45) is 0. The molecule has 1 saturated heterocycles. The summed E-state index contributed by atoms with van der Waals surface area (Å²) in [7, 11) is 1.75. The first-order chi connectivity index (χ1) is 10.0. The van der Waals surface area contributed by atoms with E-state index in [-0.39, 0.29) is 16.5 Å². The Morgan fingerprint density at radius 3 is 2.52 bits per heavy atom. The molecule has 108 valence electrons. The predicted octanol–water partition coefficient (Wildman–Crippen LogP) is 4.27. The van der Waals surface area contributed by atoms with Crippen LogP contribution in [0.4, 0.5) is 0 Å². The van der Waals surface area contributed by atoms with Crippen molar-refractivity contribution in [3.63, 3.8) is 0 Å². The van der Waals surface area contributed by atoms with Crippen molar-refractivity contribution in [3.8, 4) is 11.5 Å². The van der Waals surface area contributed by atoms with Crippen LogP contribution in [-0.4, -0.2) is 24.8 Å². The van der Waals surface area contributed by atoms with Gasteiger partial charge in [0.25, 0.3) is 0 Å². The van der Waals surface area contributed by atoms with Gasteiger partial charge in [0, 0.05) is 28.0 Å². The van der Waals surface area contributed by atoms with Crippen molar-refractivity contribution >= 4 is 11.6 Å². The summed E-state index contributed by atoms with van der Waals surface area (Å²) >= 11 is 6.16. The number of rotatable bonds is 0. The zero-order valence-corrected chi connectivity index (χ0v) is 12.5. The predicted molar refractivity (Wildman–Crippen MR) is 82.7 cm³/mol. The Labute approximate surface area is 128 Å². The van der Waals surface area contributed by atoms with E-state index in [0.29, 0.717) is 18.1 Å². The molecule has 0 spiro atoms. The van der Waals surface area contributed by atoms with Gasteiger partial charge in [-0.2, -0.15) is 0 Å². The Morgan fingerprint density at radius 1 is 1.05 bits per heavy atom. The molecule has 0 aromatic heterocycles. The smallest absolute Gasteiger partial charge is 0.131 e. The summed E-state index contributed by atoms with van der Waals surface area (Å²) < 4.78 is 5.88. The summed E-state index contributed by atoms with van der Waals surface area (Å²) in [5, 5.41) is 13.2. The Bertz CT molecular complexity index is 714. The van der Waals surface area contributed by atoms with Crippen LogP contribution in [0.5, 0.6) is 11.5 Å². The fourth-order valence-electron chi connectivity index (χ4n) is 3.69. The lowest BCUT2D eigenvalue weighted by molar-refractivity contribution is -0.848. The van der Waals surface area contributed by atoms with Gasteiger partial charge in [-0.05, 0) is 24.3 Å². The molecule has 0 unspecified atom stereocenters. The van der Waals surface area contributed by atoms with Crippen molar-refractivity contribution in [3.05, 3.63) is 63.8 Å². The molecule has 0 bridgehead atoms. The van der Waals surface area contributed by atoms with Crippen LogP contribution in [0.3, 0.4) is 0 Å². The highest BCUT2D eigenvalue weighted by Crippen LogP contribution is 2.51. The van der Waals surface area contributed by atoms with Crippen LogP contribution in [0, 0.1) is 5.21 Å². The molecule has 2 aromatic carbocycles. The largest absolute Gasteiger partial charge is 0.633 e. The summed E-state index contributed by atoms with van der Waals surface area (Å²) in [5.74, 6) is 2.02. The molecule has 1 fully saturated rings. The molecule has 2 aromatic rings. The van der Waals surface area contributed by atoms with E-state index in [1.165, 1.54) is 0 Å². The number of nitrogens with zero attached hydrogens (tertiary/aromatic N) is 1. The van der Waals surface area contributed by atoms with Gasteiger partial charge in [-0.1, -0.05) is 29.8 Å². The van der Waals surface area contributed by atoms with Gasteiger partial charge in [-0.3, -0.25) is 0 Å². The molecule has 0 radical (unpaired) electrons. The van der Waals surface area contributed by atoms with E-state index in [1.807, 2.05) is 36.4 Å². The maximum Gasteiger partial charge on any atom is 0.131 e. The minimum atomic E-state index is -0.213. The molecule has 0 amide bonds. The number of hydrogen-bond acceptors (Lipinski definition) is 2. The number of benzene rings is 2. The molecule has 0 N–H and O–H groups in total. The van der Waals surface area contributed by atoms with E-state index < -0.39 is 0 Å². The second kappa shape index (κ2) is 4.47. The van der Waals surface area contributed by atoms with E-state index in [1.54, 1.807) is 7.05 Å². The third kappa shape index (κ3) is 2.13. The lowest BCUT2D eigenvalue weighted by atomic mass is 9.84. The molecular weight excluding hydrogens is 286 g/mol. The number of ether oxygens (including phenoxy) is 1. The number of likely N-dealkylation sites (N-methyl/N-ethyl adjacent to an activating group) is 1. The average Bonchev–Trinajstić information content (AvgIpc) is 2.71. The second-order valence-corrected chi connectivity index (χ2v) is 6.63. The van der Waals surface area contributed by atoms with Gasteiger partial charge in [0.1, 0.15) is 11.5 Å². The summed E-state index contributed by atoms with van der Waals surface area (Å²) in [5.41, 5.74) is 2.19. The fourth-order valence-corrected chi connectivity index (χ4v) is 3.87. The highest BCUT2D eigenvalue weighted by Gasteiger charge is 2.44. The van der Waals surface area contributed by atoms with Crippen molar-refractivity contribution in [1.29, 1.82) is 0 Å². The number of likely N-dealkylation sites (tertiary alicyclic amines) is 1. The van der Waals surface area contributed by atoms with Crippen LogP contribution in [0.25, 0.3) is 0 Å². The normalized spacial score (nSPS) is 29.9. The maximum atomic E-state index is 12.5. The summed E-state index contributed by atoms with van der Waals surface area (Å²) in [6.45, 7) is 1.15. The van der Waals surface area contributed by atoms with E-state index in [4.69, 9.17) is 16.3 Å². The van der Waals surface area contributed by atoms with Gasteiger partial charge >= 0.3 is 0 Å². The number of hydroxylamine groups is 3. The van der Waals surface area contributed by atoms with E-state index >= 15 is 0 Å². The number of quaternary nitrogens is 1. The molecule has 4 heteroatoms. The molecule has 3 nitrogen and oxygen atoms in total. The Morgan fingerprint density at radius 2 is 1.71 bits per heavy atom. The van der Waals surface area contributed by atoms with Crippen LogP contribution >= 0.6 is 11.6 Å². The molecular formula is C17H16ClNO2. The van der Waals surface area contributed by atoms with Gasteiger partial charge < -0.3 is 14.6 Å². The highest BCUT2D eigenvalue weighted by molar-refractivity contribution is 6.30. The maximum absolute atomic E-state index is 12.5. The molecule has 21 heavy (non-hydrogen) atoms. The minimum Gasteiger partial charge on any atom is -0.633 e. The zero-order chi connectivity index (χ0) is 14.6. The number of hydrogen-bond donors (Lipinski definition) is 0. The SMILES string of the molecule is C[N@@+]1([O-])C[C@@H]2c3cc(Cl)ccc3Oc3ccccc3[C@@H]2C1. The quantitative estimate of drug-likeness (QED) is 0.537. The first kappa shape index (κ1) is 13.1. The lowest BCUT2D eigenvalue weighted by Gasteiger charge is -2.34. The van der Waals surface area contributed by atoms with Crippen LogP contribution in [-0.2, 0) is 0 Å². The Balaban J connectivity index is 1.94. The third-order valence-electron chi connectivity index (χ3n) is 4.56. The van der Waals surface area contributed by atoms with Crippen LogP contribution in [0.1, 0.15) is 23.0 Å². The lowest BCUT2D eigenvalue weighted by Crippen LogP contribution is -2.34. The van der Waals surface area contributed by atoms with Crippen molar-refractivity contribution in [2.75, 3.05) is 20.1 Å². The second-order valence-electron chi connectivity index (χ2n) is 6.20. The van der Waals surface area contributed by atoms with Crippen LogP contribution in [0.2, 0.25) is 5.02 Å². The Hall–Kier alpha value is -1.55. The number of fused-ring (bicyclic) bond motifs is 5. The first-order valence-corrected chi connectivity index (χ1v) is 7.53. The van der Waals surface area contributed by atoms with Gasteiger partial charge in [0.2, 0.25) is 0 Å². The molecule has 2 aliphatic heterocycles. The minimum absolute atomic E-state index is 0.157. The summed E-state index contributed by atoms with van der Waals surface area (Å²) in [4.78, 5) is 0. The molecule has 2 aliphatic rings. The standard InChI is InChI=1S/C17H16ClNO2/c1-19(20)9-14-12-4-2-3-5-16(12)21-17-7-6-11(18)8-13(17)15(14)10-19/h2-8,14-15H,9-10H2,1H3/t14-,15+,19-/m0/s1. The molecule has 0 aliphatic carbocycles. The molecule has 4 rings (SSSR count). The van der Waals surface area contributed by atoms with Crippen LogP contribution in [0.15, 0.2) is 42.5 Å². The Kier molecular flexibility index (Phi) is 2.80. The van der Waals surface area contributed by atoms with Crippen molar-refractivity contribution < 1.29 is 9.38 Å². The topological polar surface area (TPSA) is 32.3 Å². The van der Waals surface area contributed by atoms with E-state index in [9.17, 15) is 5.21 Å². The van der Waals surface area contributed by atoms with Crippen molar-refractivity contribution in [2.45, 2.75) is 11.8 Å². The third-order valence-corrected chi connectivity index (χ3v) is 4.80. The van der Waals surface area contributed by atoms with E-state index in [2.05, 4.69) is 6.07 Å². The van der Waals surface area contributed by atoms with Gasteiger partial charge in [-0.15, -0.1) is 0 Å². The number of halogens is 1. The summed E-state index contributed by atoms with van der Waals surface area (Å²) in [6, 6.07) is 13.7. The van der Waals surface area contributed by atoms with Gasteiger partial charge in [0.05, 0.1) is 20.1 Å². The first-order valence-electron chi connectivity index (χ1n) is 7.15. The number of para-hydroxylation sites is 1. The van der Waals surface area contributed by atoms with Crippen molar-refractivity contribution in [2.24, 2.45) is 0 Å². The molecule has 2 heterocycles.